The molecule has 19 heavy (non-hydrogen) atoms. The Hall–Kier alpha value is -2.36. The molecule has 1 rings (SSSR count). The van der Waals surface area contributed by atoms with E-state index in [1.165, 1.54) is 0 Å². The third-order valence-corrected chi connectivity index (χ3v) is 2.28. The summed E-state index contributed by atoms with van der Waals surface area (Å²) < 4.78 is 9.76. The third kappa shape index (κ3) is 4.79. The van der Waals surface area contributed by atoms with Crippen molar-refractivity contribution in [1.82, 2.24) is 0 Å². The Morgan fingerprint density at radius 1 is 1.16 bits per heavy atom. The largest absolute Gasteiger partial charge is 0.459 e. The molecule has 100 valence electrons. The highest BCUT2D eigenvalue weighted by Gasteiger charge is 2.07. The zero-order valence-corrected chi connectivity index (χ0v) is 10.8. The standard InChI is InChI=1S/C15H16O4/c1-4-12-5-7-13(8-6-12)15(17)19-10-9-18-14(16)11(2)3/h4-8H,1-2,9-10H2,3H3. The molecule has 1 aromatic carbocycles. The summed E-state index contributed by atoms with van der Waals surface area (Å²) in [6, 6.07) is 6.84. The molecule has 1 aromatic rings. The summed E-state index contributed by atoms with van der Waals surface area (Å²) in [5.41, 5.74) is 1.68. The number of rotatable bonds is 6. The average molecular weight is 260 g/mol. The quantitative estimate of drug-likeness (QED) is 0.448. The first-order chi connectivity index (χ1) is 9.04. The van der Waals surface area contributed by atoms with Gasteiger partial charge in [-0.2, -0.15) is 0 Å². The van der Waals surface area contributed by atoms with Crippen LogP contribution in [0.25, 0.3) is 6.08 Å². The molecule has 0 unspecified atom stereocenters. The predicted molar refractivity (Wildman–Crippen MR) is 72.6 cm³/mol. The van der Waals surface area contributed by atoms with Gasteiger partial charge in [0, 0.05) is 5.57 Å². The SMILES string of the molecule is C=Cc1ccc(C(=O)OCCOC(=O)C(=C)C)cc1. The molecule has 0 saturated heterocycles. The molecular weight excluding hydrogens is 244 g/mol. The van der Waals surface area contributed by atoms with Crippen molar-refractivity contribution in [3.63, 3.8) is 0 Å². The Kier molecular flexibility index (Phi) is 5.54. The van der Waals surface area contributed by atoms with Crippen LogP contribution >= 0.6 is 0 Å². The molecular formula is C15H16O4. The van der Waals surface area contributed by atoms with Crippen molar-refractivity contribution in [3.05, 3.63) is 54.1 Å². The second-order valence-electron chi connectivity index (χ2n) is 3.88. The topological polar surface area (TPSA) is 52.6 Å². The fourth-order valence-electron chi connectivity index (χ4n) is 1.23. The minimum Gasteiger partial charge on any atom is -0.459 e. The molecule has 0 spiro atoms. The maximum absolute atomic E-state index is 11.6. The number of carbonyl (C=O) groups is 2. The van der Waals surface area contributed by atoms with Gasteiger partial charge in [0.2, 0.25) is 0 Å². The number of benzene rings is 1. The Morgan fingerprint density at radius 2 is 1.74 bits per heavy atom. The molecule has 0 aliphatic rings. The summed E-state index contributed by atoms with van der Waals surface area (Å²) in [6.45, 7) is 8.65. The summed E-state index contributed by atoms with van der Waals surface area (Å²) >= 11 is 0. The normalized spacial score (nSPS) is 9.53. The molecule has 0 aliphatic carbocycles. The van der Waals surface area contributed by atoms with Gasteiger partial charge in [0.1, 0.15) is 13.2 Å². The van der Waals surface area contributed by atoms with Gasteiger partial charge in [-0.3, -0.25) is 0 Å². The number of carbonyl (C=O) groups excluding carboxylic acids is 2. The molecule has 0 atom stereocenters. The third-order valence-electron chi connectivity index (χ3n) is 2.28. The van der Waals surface area contributed by atoms with Crippen LogP contribution in [0.2, 0.25) is 0 Å². The summed E-state index contributed by atoms with van der Waals surface area (Å²) in [5, 5.41) is 0. The Balaban J connectivity index is 2.36. The van der Waals surface area contributed by atoms with Crippen molar-refractivity contribution in [1.29, 1.82) is 0 Å². The van der Waals surface area contributed by atoms with Gasteiger partial charge in [-0.05, 0) is 24.6 Å². The van der Waals surface area contributed by atoms with Gasteiger partial charge in [-0.1, -0.05) is 31.4 Å². The van der Waals surface area contributed by atoms with E-state index in [2.05, 4.69) is 13.2 Å². The first kappa shape index (κ1) is 14.7. The van der Waals surface area contributed by atoms with Crippen molar-refractivity contribution in [3.8, 4) is 0 Å². The van der Waals surface area contributed by atoms with Crippen molar-refractivity contribution in [2.75, 3.05) is 13.2 Å². The Morgan fingerprint density at radius 3 is 2.26 bits per heavy atom. The lowest BCUT2D eigenvalue weighted by Gasteiger charge is -2.06. The Labute approximate surface area is 112 Å². The highest BCUT2D eigenvalue weighted by atomic mass is 16.6. The molecule has 4 nitrogen and oxygen atoms in total. The van der Waals surface area contributed by atoms with Gasteiger partial charge in [-0.15, -0.1) is 0 Å². The average Bonchev–Trinajstić information content (AvgIpc) is 2.43. The van der Waals surface area contributed by atoms with Crippen molar-refractivity contribution in [2.45, 2.75) is 6.92 Å². The van der Waals surface area contributed by atoms with Gasteiger partial charge >= 0.3 is 11.9 Å². The molecule has 0 aliphatic heterocycles. The van der Waals surface area contributed by atoms with Crippen molar-refractivity contribution < 1.29 is 19.1 Å². The van der Waals surface area contributed by atoms with Crippen LogP contribution in [0, 0.1) is 0 Å². The molecule has 0 amide bonds. The van der Waals surface area contributed by atoms with E-state index in [0.29, 0.717) is 11.1 Å². The second-order valence-corrected chi connectivity index (χ2v) is 3.88. The van der Waals surface area contributed by atoms with E-state index in [9.17, 15) is 9.59 Å². The van der Waals surface area contributed by atoms with Crippen molar-refractivity contribution >= 4 is 18.0 Å². The fraction of sp³-hybridized carbons (Fsp3) is 0.200. The lowest BCUT2D eigenvalue weighted by molar-refractivity contribution is -0.140. The van der Waals surface area contributed by atoms with Gasteiger partial charge < -0.3 is 9.47 Å². The monoisotopic (exact) mass is 260 g/mol. The van der Waals surface area contributed by atoms with Crippen LogP contribution in [0.15, 0.2) is 43.0 Å². The predicted octanol–water partition coefficient (Wildman–Crippen LogP) is 2.61. The van der Waals surface area contributed by atoms with Gasteiger partial charge in [0.25, 0.3) is 0 Å². The van der Waals surface area contributed by atoms with Gasteiger partial charge in [-0.25, -0.2) is 9.59 Å². The van der Waals surface area contributed by atoms with Crippen LogP contribution in [0.4, 0.5) is 0 Å². The zero-order chi connectivity index (χ0) is 14.3. The molecule has 0 aromatic heterocycles. The van der Waals surface area contributed by atoms with E-state index in [0.717, 1.165) is 5.56 Å². The highest BCUT2D eigenvalue weighted by Crippen LogP contribution is 2.06. The number of hydrogen-bond donors (Lipinski definition) is 0. The lowest BCUT2D eigenvalue weighted by Crippen LogP contribution is -2.14. The van der Waals surface area contributed by atoms with Gasteiger partial charge in [0.15, 0.2) is 0 Å². The summed E-state index contributed by atoms with van der Waals surface area (Å²) in [7, 11) is 0. The maximum Gasteiger partial charge on any atom is 0.338 e. The number of ether oxygens (including phenoxy) is 2. The van der Waals surface area contributed by atoms with Crippen LogP contribution in [0.5, 0.6) is 0 Å². The lowest BCUT2D eigenvalue weighted by atomic mass is 10.1. The molecule has 0 bridgehead atoms. The minimum atomic E-state index is -0.494. The second kappa shape index (κ2) is 7.16. The Bertz CT molecular complexity index is 485. The van der Waals surface area contributed by atoms with E-state index in [1.807, 2.05) is 0 Å². The molecule has 0 saturated carbocycles. The van der Waals surface area contributed by atoms with E-state index >= 15 is 0 Å². The molecule has 4 heteroatoms. The van der Waals surface area contributed by atoms with E-state index in [4.69, 9.17) is 9.47 Å². The molecule has 0 heterocycles. The molecule has 0 fully saturated rings. The van der Waals surface area contributed by atoms with Crippen LogP contribution in [0.3, 0.4) is 0 Å². The van der Waals surface area contributed by atoms with E-state index < -0.39 is 11.9 Å². The van der Waals surface area contributed by atoms with Crippen molar-refractivity contribution in [2.24, 2.45) is 0 Å². The minimum absolute atomic E-state index is 0.0149. The smallest absolute Gasteiger partial charge is 0.338 e. The van der Waals surface area contributed by atoms with Crippen LogP contribution in [0.1, 0.15) is 22.8 Å². The molecule has 0 radical (unpaired) electrons. The first-order valence-corrected chi connectivity index (χ1v) is 5.77. The fourth-order valence-corrected chi connectivity index (χ4v) is 1.23. The zero-order valence-electron chi connectivity index (χ0n) is 10.8. The van der Waals surface area contributed by atoms with Crippen LogP contribution in [-0.2, 0) is 14.3 Å². The van der Waals surface area contributed by atoms with Gasteiger partial charge in [0.05, 0.1) is 5.56 Å². The van der Waals surface area contributed by atoms with Crippen LogP contribution < -0.4 is 0 Å². The number of esters is 2. The van der Waals surface area contributed by atoms with E-state index in [1.54, 1.807) is 37.3 Å². The summed E-state index contributed by atoms with van der Waals surface area (Å²) in [6.07, 6.45) is 1.69. The highest BCUT2D eigenvalue weighted by molar-refractivity contribution is 5.89. The summed E-state index contributed by atoms with van der Waals surface area (Å²) in [5.74, 6) is -0.951. The maximum atomic E-state index is 11.6. The van der Waals surface area contributed by atoms with Crippen LogP contribution in [-0.4, -0.2) is 25.2 Å². The molecule has 0 N–H and O–H groups in total. The first-order valence-electron chi connectivity index (χ1n) is 5.77. The number of hydrogen-bond acceptors (Lipinski definition) is 4. The summed E-state index contributed by atoms with van der Waals surface area (Å²) in [4.78, 5) is 22.7. The van der Waals surface area contributed by atoms with E-state index in [-0.39, 0.29) is 13.2 Å².